The number of hydrogen-bond donors (Lipinski definition) is 1. The molecule has 1 N–H and O–H groups in total. The second kappa shape index (κ2) is 8.75. The third-order valence-corrected chi connectivity index (χ3v) is 1.75. The molecule has 3 heteroatoms. The summed E-state index contributed by atoms with van der Waals surface area (Å²) in [6.45, 7) is 4.20. The van der Waals surface area contributed by atoms with Crippen molar-refractivity contribution in [3.63, 3.8) is 0 Å². The standard InChI is InChI=1S/C11H20O3/c1-3-4-5-6-9-14-11(13)8-7-10(2)12/h7-8,10,12H,3-6,9H2,1-2H3. The van der Waals surface area contributed by atoms with Gasteiger partial charge < -0.3 is 9.84 Å². The summed E-state index contributed by atoms with van der Waals surface area (Å²) >= 11 is 0. The second-order valence-corrected chi connectivity index (χ2v) is 3.33. The molecule has 0 rings (SSSR count). The number of aliphatic hydroxyl groups is 1. The Morgan fingerprint density at radius 3 is 2.71 bits per heavy atom. The molecule has 0 spiro atoms. The molecule has 1 unspecified atom stereocenters. The largest absolute Gasteiger partial charge is 0.463 e. The van der Waals surface area contributed by atoms with Crippen LogP contribution in [0.5, 0.6) is 0 Å². The Morgan fingerprint density at radius 2 is 2.14 bits per heavy atom. The van der Waals surface area contributed by atoms with Gasteiger partial charge in [0.1, 0.15) is 0 Å². The number of unbranched alkanes of at least 4 members (excludes halogenated alkanes) is 3. The Balaban J connectivity index is 3.36. The van der Waals surface area contributed by atoms with E-state index in [1.807, 2.05) is 0 Å². The molecule has 0 aromatic carbocycles. The van der Waals surface area contributed by atoms with Gasteiger partial charge >= 0.3 is 5.97 Å². The molecule has 0 saturated heterocycles. The predicted molar refractivity (Wildman–Crippen MR) is 55.9 cm³/mol. The molecule has 0 aromatic rings. The summed E-state index contributed by atoms with van der Waals surface area (Å²) < 4.78 is 4.90. The Labute approximate surface area is 85.8 Å². The van der Waals surface area contributed by atoms with Crippen LogP contribution in [-0.4, -0.2) is 23.8 Å². The molecular weight excluding hydrogens is 180 g/mol. The highest BCUT2D eigenvalue weighted by atomic mass is 16.5. The fourth-order valence-corrected chi connectivity index (χ4v) is 0.968. The van der Waals surface area contributed by atoms with Crippen LogP contribution < -0.4 is 0 Å². The number of esters is 1. The monoisotopic (exact) mass is 200 g/mol. The maximum atomic E-state index is 11.0. The zero-order chi connectivity index (χ0) is 10.8. The van der Waals surface area contributed by atoms with E-state index >= 15 is 0 Å². The third kappa shape index (κ3) is 9.26. The molecule has 0 heterocycles. The summed E-state index contributed by atoms with van der Waals surface area (Å²) in [5, 5.41) is 8.85. The Hall–Kier alpha value is -0.830. The van der Waals surface area contributed by atoms with E-state index in [9.17, 15) is 4.79 Å². The first-order chi connectivity index (χ1) is 6.66. The molecule has 0 aliphatic heterocycles. The lowest BCUT2D eigenvalue weighted by atomic mass is 10.2. The lowest BCUT2D eigenvalue weighted by Crippen LogP contribution is -2.04. The van der Waals surface area contributed by atoms with Crippen molar-refractivity contribution in [1.82, 2.24) is 0 Å². The average Bonchev–Trinajstić information content (AvgIpc) is 2.14. The van der Waals surface area contributed by atoms with Gasteiger partial charge in [-0.15, -0.1) is 0 Å². The summed E-state index contributed by atoms with van der Waals surface area (Å²) in [6, 6.07) is 0. The van der Waals surface area contributed by atoms with E-state index in [0.29, 0.717) is 6.61 Å². The number of aliphatic hydroxyl groups excluding tert-OH is 1. The van der Waals surface area contributed by atoms with Crippen LogP contribution in [0.1, 0.15) is 39.5 Å². The van der Waals surface area contributed by atoms with Gasteiger partial charge in [-0.3, -0.25) is 0 Å². The fraction of sp³-hybridized carbons (Fsp3) is 0.727. The van der Waals surface area contributed by atoms with Crippen LogP contribution in [0.2, 0.25) is 0 Å². The molecule has 0 aliphatic rings. The Morgan fingerprint density at radius 1 is 1.43 bits per heavy atom. The van der Waals surface area contributed by atoms with E-state index in [-0.39, 0.29) is 5.97 Å². The van der Waals surface area contributed by atoms with Gasteiger partial charge in [-0.1, -0.05) is 26.2 Å². The van der Waals surface area contributed by atoms with Crippen LogP contribution in [0.25, 0.3) is 0 Å². The minimum atomic E-state index is -0.595. The van der Waals surface area contributed by atoms with Crippen molar-refractivity contribution in [1.29, 1.82) is 0 Å². The molecule has 3 nitrogen and oxygen atoms in total. The molecule has 1 atom stereocenters. The maximum absolute atomic E-state index is 11.0. The maximum Gasteiger partial charge on any atom is 0.330 e. The summed E-state index contributed by atoms with van der Waals surface area (Å²) in [6.07, 6.45) is 6.46. The zero-order valence-corrected chi connectivity index (χ0v) is 9.03. The Kier molecular flexibility index (Phi) is 8.24. The summed E-state index contributed by atoms with van der Waals surface area (Å²) in [7, 11) is 0. The van der Waals surface area contributed by atoms with Gasteiger partial charge in [0.25, 0.3) is 0 Å². The molecular formula is C11H20O3. The minimum absolute atomic E-state index is 0.373. The molecule has 0 amide bonds. The molecule has 0 aromatic heterocycles. The van der Waals surface area contributed by atoms with Crippen molar-refractivity contribution >= 4 is 5.97 Å². The van der Waals surface area contributed by atoms with Gasteiger partial charge in [-0.05, 0) is 19.4 Å². The van der Waals surface area contributed by atoms with E-state index < -0.39 is 6.10 Å². The molecule has 0 fully saturated rings. The number of hydrogen-bond acceptors (Lipinski definition) is 3. The van der Waals surface area contributed by atoms with E-state index in [2.05, 4.69) is 6.92 Å². The highest BCUT2D eigenvalue weighted by molar-refractivity contribution is 5.81. The third-order valence-electron chi connectivity index (χ3n) is 1.75. The van der Waals surface area contributed by atoms with Crippen molar-refractivity contribution in [2.75, 3.05) is 6.61 Å². The van der Waals surface area contributed by atoms with E-state index in [4.69, 9.17) is 9.84 Å². The highest BCUT2D eigenvalue weighted by Gasteiger charge is 1.97. The fourth-order valence-electron chi connectivity index (χ4n) is 0.968. The predicted octanol–water partition coefficient (Wildman–Crippen LogP) is 2.05. The van der Waals surface area contributed by atoms with Crippen molar-refractivity contribution in [3.8, 4) is 0 Å². The van der Waals surface area contributed by atoms with Gasteiger partial charge in [-0.25, -0.2) is 4.79 Å². The number of ether oxygens (including phenoxy) is 1. The van der Waals surface area contributed by atoms with Gasteiger partial charge in [0, 0.05) is 6.08 Å². The van der Waals surface area contributed by atoms with Gasteiger partial charge in [0.05, 0.1) is 12.7 Å². The highest BCUT2D eigenvalue weighted by Crippen LogP contribution is 1.99. The minimum Gasteiger partial charge on any atom is -0.463 e. The second-order valence-electron chi connectivity index (χ2n) is 3.33. The summed E-state index contributed by atoms with van der Waals surface area (Å²) in [5.41, 5.74) is 0. The lowest BCUT2D eigenvalue weighted by Gasteiger charge is -2.01. The zero-order valence-electron chi connectivity index (χ0n) is 9.03. The molecule has 82 valence electrons. The van der Waals surface area contributed by atoms with Crippen LogP contribution in [0.4, 0.5) is 0 Å². The first-order valence-electron chi connectivity index (χ1n) is 5.19. The van der Waals surface area contributed by atoms with Gasteiger partial charge in [0.2, 0.25) is 0 Å². The van der Waals surface area contributed by atoms with Crippen LogP contribution in [0.3, 0.4) is 0 Å². The topological polar surface area (TPSA) is 46.5 Å². The number of rotatable bonds is 7. The normalized spacial score (nSPS) is 13.1. The molecule has 0 saturated carbocycles. The molecule has 0 bridgehead atoms. The van der Waals surface area contributed by atoms with Gasteiger partial charge in [0.15, 0.2) is 0 Å². The first-order valence-corrected chi connectivity index (χ1v) is 5.19. The van der Waals surface area contributed by atoms with Crippen molar-refractivity contribution in [3.05, 3.63) is 12.2 Å². The number of carbonyl (C=O) groups is 1. The van der Waals surface area contributed by atoms with Crippen LogP contribution >= 0.6 is 0 Å². The molecule has 0 aliphatic carbocycles. The van der Waals surface area contributed by atoms with Crippen molar-refractivity contribution in [2.45, 2.75) is 45.6 Å². The van der Waals surface area contributed by atoms with Crippen LogP contribution in [-0.2, 0) is 9.53 Å². The molecule has 0 radical (unpaired) electrons. The van der Waals surface area contributed by atoms with Crippen LogP contribution in [0.15, 0.2) is 12.2 Å². The van der Waals surface area contributed by atoms with E-state index in [0.717, 1.165) is 12.8 Å². The summed E-state index contributed by atoms with van der Waals surface area (Å²) in [5.74, 6) is -0.373. The molecule has 14 heavy (non-hydrogen) atoms. The van der Waals surface area contributed by atoms with Crippen molar-refractivity contribution in [2.24, 2.45) is 0 Å². The van der Waals surface area contributed by atoms with E-state index in [1.165, 1.54) is 25.0 Å². The van der Waals surface area contributed by atoms with Crippen LogP contribution in [0, 0.1) is 0 Å². The number of carbonyl (C=O) groups excluding carboxylic acids is 1. The Bertz CT molecular complexity index is 173. The quantitative estimate of drug-likeness (QED) is 0.388. The van der Waals surface area contributed by atoms with E-state index in [1.54, 1.807) is 6.92 Å². The smallest absolute Gasteiger partial charge is 0.330 e. The van der Waals surface area contributed by atoms with Crippen molar-refractivity contribution < 1.29 is 14.6 Å². The average molecular weight is 200 g/mol. The SMILES string of the molecule is CCCCCCOC(=O)C=CC(C)O. The summed E-state index contributed by atoms with van der Waals surface area (Å²) in [4.78, 5) is 11.0. The lowest BCUT2D eigenvalue weighted by molar-refractivity contribution is -0.137. The van der Waals surface area contributed by atoms with Gasteiger partial charge in [-0.2, -0.15) is 0 Å². The first kappa shape index (κ1) is 13.2.